The number of unbranched alkanes of at least 4 members (excludes halogenated alkanes) is 3. The summed E-state index contributed by atoms with van der Waals surface area (Å²) in [5, 5.41) is 0. The van der Waals surface area contributed by atoms with Crippen LogP contribution < -0.4 is 0 Å². The van der Waals surface area contributed by atoms with Gasteiger partial charge in [0.1, 0.15) is 0 Å². The minimum absolute atomic E-state index is 0.158. The molecule has 0 N–H and O–H groups in total. The first-order chi connectivity index (χ1) is 6.76. The van der Waals surface area contributed by atoms with Crippen LogP contribution in [0.2, 0.25) is 0 Å². The molecule has 0 unspecified atom stereocenters. The second-order valence-corrected chi connectivity index (χ2v) is 3.47. The molecule has 0 spiro atoms. The van der Waals surface area contributed by atoms with E-state index in [1.54, 1.807) is 0 Å². The van der Waals surface area contributed by atoms with Crippen molar-refractivity contribution in [3.05, 3.63) is 11.6 Å². The number of hydrogen-bond donors (Lipinski definition) is 0. The lowest BCUT2D eigenvalue weighted by Gasteiger charge is -2.04. The Morgan fingerprint density at radius 1 is 1.21 bits per heavy atom. The third kappa shape index (κ3) is 5.79. The van der Waals surface area contributed by atoms with Gasteiger partial charge in [0.05, 0.1) is 7.11 Å². The van der Waals surface area contributed by atoms with Gasteiger partial charge in [-0.3, -0.25) is 0 Å². The second kappa shape index (κ2) is 8.79. The molecule has 0 aliphatic rings. The number of ether oxygens (including phenoxy) is 1. The standard InChI is InChI=1S/C12H22O2/c1-4-6-8-10-11(9-7-5-2)12(13)14-3/h9H,4-8,10H2,1-3H3/b11-9-. The fourth-order valence-corrected chi connectivity index (χ4v) is 1.30. The highest BCUT2D eigenvalue weighted by atomic mass is 16.5. The molecule has 0 aliphatic carbocycles. The van der Waals surface area contributed by atoms with Crippen LogP contribution in [0.25, 0.3) is 0 Å². The van der Waals surface area contributed by atoms with E-state index in [2.05, 4.69) is 13.8 Å². The van der Waals surface area contributed by atoms with Crippen molar-refractivity contribution >= 4 is 5.97 Å². The highest BCUT2D eigenvalue weighted by molar-refractivity contribution is 5.88. The molecule has 0 rings (SSSR count). The van der Waals surface area contributed by atoms with Crippen molar-refractivity contribution in [3.8, 4) is 0 Å². The first-order valence-electron chi connectivity index (χ1n) is 5.53. The molecule has 0 atom stereocenters. The van der Waals surface area contributed by atoms with E-state index in [9.17, 15) is 4.79 Å². The largest absolute Gasteiger partial charge is 0.466 e. The Kier molecular flexibility index (Phi) is 8.30. The molecule has 0 saturated heterocycles. The second-order valence-electron chi connectivity index (χ2n) is 3.47. The summed E-state index contributed by atoms with van der Waals surface area (Å²) >= 11 is 0. The van der Waals surface area contributed by atoms with E-state index in [0.717, 1.165) is 31.3 Å². The lowest BCUT2D eigenvalue weighted by Crippen LogP contribution is -2.04. The lowest BCUT2D eigenvalue weighted by molar-refractivity contribution is -0.136. The molecule has 0 fully saturated rings. The van der Waals surface area contributed by atoms with E-state index in [4.69, 9.17) is 4.74 Å². The summed E-state index contributed by atoms with van der Waals surface area (Å²) in [6, 6.07) is 0. The Hall–Kier alpha value is -0.790. The smallest absolute Gasteiger partial charge is 0.333 e. The molecule has 0 bridgehead atoms. The summed E-state index contributed by atoms with van der Waals surface area (Å²) in [5.74, 6) is -0.158. The first kappa shape index (κ1) is 13.2. The molecule has 0 saturated carbocycles. The van der Waals surface area contributed by atoms with E-state index in [1.165, 1.54) is 20.0 Å². The van der Waals surface area contributed by atoms with Gasteiger partial charge in [-0.05, 0) is 19.3 Å². The molecule has 0 heterocycles. The van der Waals surface area contributed by atoms with Crippen LogP contribution in [0.1, 0.15) is 52.4 Å². The minimum Gasteiger partial charge on any atom is -0.466 e. The Morgan fingerprint density at radius 2 is 1.93 bits per heavy atom. The molecule has 0 aromatic heterocycles. The molecular formula is C12H22O2. The maximum absolute atomic E-state index is 11.3. The Bertz CT molecular complexity index is 183. The van der Waals surface area contributed by atoms with Crippen LogP contribution in [0.4, 0.5) is 0 Å². The predicted molar refractivity (Wildman–Crippen MR) is 59.1 cm³/mol. The molecular weight excluding hydrogens is 176 g/mol. The maximum atomic E-state index is 11.3. The average molecular weight is 198 g/mol. The van der Waals surface area contributed by atoms with Crippen molar-refractivity contribution < 1.29 is 9.53 Å². The van der Waals surface area contributed by atoms with Crippen molar-refractivity contribution in [1.29, 1.82) is 0 Å². The summed E-state index contributed by atoms with van der Waals surface area (Å²) in [4.78, 5) is 11.3. The van der Waals surface area contributed by atoms with E-state index < -0.39 is 0 Å². The van der Waals surface area contributed by atoms with E-state index in [1.807, 2.05) is 6.08 Å². The van der Waals surface area contributed by atoms with Crippen LogP contribution in [0.5, 0.6) is 0 Å². The van der Waals surface area contributed by atoms with Gasteiger partial charge in [-0.15, -0.1) is 0 Å². The van der Waals surface area contributed by atoms with Crippen molar-refractivity contribution in [1.82, 2.24) is 0 Å². The quantitative estimate of drug-likeness (QED) is 0.356. The highest BCUT2D eigenvalue weighted by Crippen LogP contribution is 2.12. The van der Waals surface area contributed by atoms with E-state index >= 15 is 0 Å². The van der Waals surface area contributed by atoms with Crippen molar-refractivity contribution in [2.24, 2.45) is 0 Å². The zero-order valence-electron chi connectivity index (χ0n) is 9.64. The molecule has 2 heteroatoms. The minimum atomic E-state index is -0.158. The maximum Gasteiger partial charge on any atom is 0.333 e. The molecule has 0 amide bonds. The van der Waals surface area contributed by atoms with Crippen LogP contribution in [-0.4, -0.2) is 13.1 Å². The van der Waals surface area contributed by atoms with Crippen LogP contribution in [0.3, 0.4) is 0 Å². The van der Waals surface area contributed by atoms with Gasteiger partial charge in [0, 0.05) is 5.57 Å². The van der Waals surface area contributed by atoms with Crippen molar-refractivity contribution in [2.75, 3.05) is 7.11 Å². The number of esters is 1. The van der Waals surface area contributed by atoms with Gasteiger partial charge in [0.25, 0.3) is 0 Å². The number of hydrogen-bond acceptors (Lipinski definition) is 2. The number of rotatable bonds is 7. The number of methoxy groups -OCH3 is 1. The molecule has 2 nitrogen and oxygen atoms in total. The van der Waals surface area contributed by atoms with Gasteiger partial charge in [-0.2, -0.15) is 0 Å². The molecule has 0 aromatic carbocycles. The highest BCUT2D eigenvalue weighted by Gasteiger charge is 2.07. The van der Waals surface area contributed by atoms with E-state index in [0.29, 0.717) is 0 Å². The lowest BCUT2D eigenvalue weighted by atomic mass is 10.1. The zero-order chi connectivity index (χ0) is 10.8. The third-order valence-corrected chi connectivity index (χ3v) is 2.18. The summed E-state index contributed by atoms with van der Waals surface area (Å²) in [6.45, 7) is 4.27. The predicted octanol–water partition coefficient (Wildman–Crippen LogP) is 3.47. The molecule has 0 aromatic rings. The first-order valence-corrected chi connectivity index (χ1v) is 5.53. The SMILES string of the molecule is CCC/C=C(/CCCCC)C(=O)OC. The Balaban J connectivity index is 4.04. The van der Waals surface area contributed by atoms with E-state index in [-0.39, 0.29) is 5.97 Å². The molecule has 14 heavy (non-hydrogen) atoms. The molecule has 0 radical (unpaired) electrons. The summed E-state index contributed by atoms with van der Waals surface area (Å²) in [5.41, 5.74) is 0.850. The van der Waals surface area contributed by atoms with Gasteiger partial charge in [0.2, 0.25) is 0 Å². The number of allylic oxidation sites excluding steroid dienone is 1. The third-order valence-electron chi connectivity index (χ3n) is 2.18. The normalized spacial score (nSPS) is 11.5. The fourth-order valence-electron chi connectivity index (χ4n) is 1.30. The Labute approximate surface area is 87.3 Å². The van der Waals surface area contributed by atoms with Gasteiger partial charge in [-0.25, -0.2) is 4.79 Å². The van der Waals surface area contributed by atoms with Gasteiger partial charge in [0.15, 0.2) is 0 Å². The van der Waals surface area contributed by atoms with Crippen LogP contribution >= 0.6 is 0 Å². The van der Waals surface area contributed by atoms with Crippen molar-refractivity contribution in [2.45, 2.75) is 52.4 Å². The fraction of sp³-hybridized carbons (Fsp3) is 0.750. The number of carbonyl (C=O) groups is 1. The zero-order valence-corrected chi connectivity index (χ0v) is 9.64. The number of carbonyl (C=O) groups excluding carboxylic acids is 1. The average Bonchev–Trinajstić information content (AvgIpc) is 2.22. The molecule has 82 valence electrons. The topological polar surface area (TPSA) is 26.3 Å². The van der Waals surface area contributed by atoms with Gasteiger partial charge in [-0.1, -0.05) is 39.2 Å². The van der Waals surface area contributed by atoms with Gasteiger partial charge < -0.3 is 4.74 Å². The van der Waals surface area contributed by atoms with Crippen LogP contribution in [0, 0.1) is 0 Å². The summed E-state index contributed by atoms with van der Waals surface area (Å²) < 4.78 is 4.73. The van der Waals surface area contributed by atoms with Crippen LogP contribution in [0.15, 0.2) is 11.6 Å². The van der Waals surface area contributed by atoms with Crippen LogP contribution in [-0.2, 0) is 9.53 Å². The summed E-state index contributed by atoms with van der Waals surface area (Å²) in [6.07, 6.45) is 8.37. The Morgan fingerprint density at radius 3 is 2.43 bits per heavy atom. The van der Waals surface area contributed by atoms with Gasteiger partial charge >= 0.3 is 5.97 Å². The monoisotopic (exact) mass is 198 g/mol. The van der Waals surface area contributed by atoms with Crippen molar-refractivity contribution in [3.63, 3.8) is 0 Å². The molecule has 0 aliphatic heterocycles. The summed E-state index contributed by atoms with van der Waals surface area (Å²) in [7, 11) is 1.45.